The van der Waals surface area contributed by atoms with Gasteiger partial charge in [-0.2, -0.15) is 5.26 Å². The zero-order chi connectivity index (χ0) is 8.69. The number of hydrogen-bond acceptors (Lipinski definition) is 3. The van der Waals surface area contributed by atoms with Crippen molar-refractivity contribution in [3.63, 3.8) is 0 Å². The third-order valence-corrected chi connectivity index (χ3v) is 1.16. The van der Waals surface area contributed by atoms with Crippen molar-refractivity contribution < 1.29 is 9.53 Å². The van der Waals surface area contributed by atoms with Gasteiger partial charge >= 0.3 is 5.97 Å². The molecular formula is C8H11NO2. The molecule has 0 aromatic carbocycles. The lowest BCUT2D eigenvalue weighted by atomic mass is 10.2. The fourth-order valence-electron chi connectivity index (χ4n) is 0.573. The number of rotatable bonds is 3. The number of ether oxygens (including phenoxy) is 1. The molecule has 0 unspecified atom stereocenters. The Bertz CT molecular complexity index is 201. The molecule has 0 saturated carbocycles. The molecule has 0 radical (unpaired) electrons. The van der Waals surface area contributed by atoms with E-state index >= 15 is 0 Å². The first-order chi connectivity index (χ1) is 5.26. The summed E-state index contributed by atoms with van der Waals surface area (Å²) in [5.41, 5.74) is 0.0920. The number of allylic oxidation sites excluding steroid dienone is 1. The topological polar surface area (TPSA) is 50.1 Å². The van der Waals surface area contributed by atoms with Crippen LogP contribution in [0.25, 0.3) is 0 Å². The Morgan fingerprint density at radius 1 is 1.73 bits per heavy atom. The summed E-state index contributed by atoms with van der Waals surface area (Å²) in [5, 5.41) is 8.44. The van der Waals surface area contributed by atoms with E-state index in [2.05, 4.69) is 4.74 Å². The van der Waals surface area contributed by atoms with E-state index in [1.54, 1.807) is 12.1 Å². The molecular weight excluding hydrogens is 142 g/mol. The summed E-state index contributed by atoms with van der Waals surface area (Å²) >= 11 is 0. The van der Waals surface area contributed by atoms with E-state index < -0.39 is 5.97 Å². The molecule has 0 rings (SSSR count). The number of nitriles is 1. The number of esters is 1. The average molecular weight is 153 g/mol. The minimum atomic E-state index is -0.555. The molecule has 0 atom stereocenters. The first-order valence-electron chi connectivity index (χ1n) is 3.44. The normalized spacial score (nSPS) is 10.5. The first kappa shape index (κ1) is 9.70. The van der Waals surface area contributed by atoms with Crippen LogP contribution in [0.1, 0.15) is 19.8 Å². The van der Waals surface area contributed by atoms with Crippen LogP contribution in [-0.2, 0) is 9.53 Å². The summed E-state index contributed by atoms with van der Waals surface area (Å²) in [7, 11) is 1.26. The Labute approximate surface area is 66.3 Å². The maximum Gasteiger partial charge on any atom is 0.348 e. The van der Waals surface area contributed by atoms with Crippen LogP contribution in [0.5, 0.6) is 0 Å². The minimum absolute atomic E-state index is 0.0920. The van der Waals surface area contributed by atoms with Crippen LogP contribution in [0, 0.1) is 11.3 Å². The van der Waals surface area contributed by atoms with Crippen molar-refractivity contribution in [2.75, 3.05) is 7.11 Å². The van der Waals surface area contributed by atoms with E-state index in [4.69, 9.17) is 5.26 Å². The van der Waals surface area contributed by atoms with Crippen LogP contribution >= 0.6 is 0 Å². The molecule has 0 spiro atoms. The highest BCUT2D eigenvalue weighted by atomic mass is 16.5. The van der Waals surface area contributed by atoms with Crippen molar-refractivity contribution in [2.24, 2.45) is 0 Å². The second-order valence-electron chi connectivity index (χ2n) is 2.01. The molecule has 11 heavy (non-hydrogen) atoms. The predicted molar refractivity (Wildman–Crippen MR) is 40.6 cm³/mol. The highest BCUT2D eigenvalue weighted by molar-refractivity contribution is 5.92. The summed E-state index contributed by atoms with van der Waals surface area (Å²) < 4.78 is 4.37. The minimum Gasteiger partial charge on any atom is -0.465 e. The fraction of sp³-hybridized carbons (Fsp3) is 0.500. The molecule has 0 aromatic heterocycles. The Morgan fingerprint density at radius 2 is 2.36 bits per heavy atom. The van der Waals surface area contributed by atoms with Gasteiger partial charge in [-0.1, -0.05) is 19.4 Å². The van der Waals surface area contributed by atoms with Gasteiger partial charge in [0.15, 0.2) is 0 Å². The van der Waals surface area contributed by atoms with Gasteiger partial charge in [-0.15, -0.1) is 0 Å². The van der Waals surface area contributed by atoms with Crippen molar-refractivity contribution in [2.45, 2.75) is 19.8 Å². The van der Waals surface area contributed by atoms with Gasteiger partial charge in [0.25, 0.3) is 0 Å². The van der Waals surface area contributed by atoms with Crippen molar-refractivity contribution in [1.29, 1.82) is 5.26 Å². The standard InChI is InChI=1S/C8H11NO2/c1-3-4-5-7(6-9)8(10)11-2/h5H,3-4H2,1-2H3/b7-5-. The maximum atomic E-state index is 10.7. The van der Waals surface area contributed by atoms with E-state index in [-0.39, 0.29) is 5.57 Å². The van der Waals surface area contributed by atoms with Crippen molar-refractivity contribution >= 4 is 5.97 Å². The quantitative estimate of drug-likeness (QED) is 0.350. The Morgan fingerprint density at radius 3 is 2.73 bits per heavy atom. The van der Waals surface area contributed by atoms with Crippen LogP contribution in [0.4, 0.5) is 0 Å². The zero-order valence-electron chi connectivity index (χ0n) is 6.76. The summed E-state index contributed by atoms with van der Waals surface area (Å²) in [6.07, 6.45) is 3.24. The highest BCUT2D eigenvalue weighted by Gasteiger charge is 2.06. The lowest BCUT2D eigenvalue weighted by Gasteiger charge is -1.94. The summed E-state index contributed by atoms with van der Waals surface area (Å²) in [4.78, 5) is 10.7. The fourth-order valence-corrected chi connectivity index (χ4v) is 0.573. The van der Waals surface area contributed by atoms with Crippen LogP contribution in [0.3, 0.4) is 0 Å². The molecule has 0 aliphatic carbocycles. The predicted octanol–water partition coefficient (Wildman–Crippen LogP) is 1.41. The molecule has 60 valence electrons. The molecule has 0 saturated heterocycles. The maximum absolute atomic E-state index is 10.7. The molecule has 0 fully saturated rings. The molecule has 0 bridgehead atoms. The van der Waals surface area contributed by atoms with Gasteiger partial charge < -0.3 is 4.74 Å². The lowest BCUT2D eigenvalue weighted by Crippen LogP contribution is -2.02. The number of nitrogens with zero attached hydrogens (tertiary/aromatic N) is 1. The Hall–Kier alpha value is -1.30. The third-order valence-electron chi connectivity index (χ3n) is 1.16. The van der Waals surface area contributed by atoms with Crippen LogP contribution in [0.15, 0.2) is 11.6 Å². The van der Waals surface area contributed by atoms with Crippen LogP contribution < -0.4 is 0 Å². The second kappa shape index (κ2) is 5.48. The smallest absolute Gasteiger partial charge is 0.348 e. The van der Waals surface area contributed by atoms with Gasteiger partial charge in [0.2, 0.25) is 0 Å². The van der Waals surface area contributed by atoms with E-state index in [1.165, 1.54) is 7.11 Å². The molecule has 0 N–H and O–H groups in total. The molecule has 0 heterocycles. The Kier molecular flexibility index (Phi) is 4.83. The number of hydrogen-bond donors (Lipinski definition) is 0. The zero-order valence-corrected chi connectivity index (χ0v) is 6.76. The summed E-state index contributed by atoms with van der Waals surface area (Å²) in [6, 6.07) is 1.77. The number of methoxy groups -OCH3 is 1. The molecule has 0 aliphatic heterocycles. The SMILES string of the molecule is CCC/C=C(/C#N)C(=O)OC. The molecule has 3 nitrogen and oxygen atoms in total. The molecule has 0 aliphatic rings. The third kappa shape index (κ3) is 3.41. The van der Waals surface area contributed by atoms with E-state index in [0.717, 1.165) is 12.8 Å². The number of unbranched alkanes of at least 4 members (excludes halogenated alkanes) is 1. The van der Waals surface area contributed by atoms with Gasteiger partial charge in [0.05, 0.1) is 7.11 Å². The summed E-state index contributed by atoms with van der Waals surface area (Å²) in [6.45, 7) is 1.97. The van der Waals surface area contributed by atoms with E-state index in [9.17, 15) is 4.79 Å². The van der Waals surface area contributed by atoms with Crippen molar-refractivity contribution in [1.82, 2.24) is 0 Å². The average Bonchev–Trinajstić information content (AvgIpc) is 2.05. The van der Waals surface area contributed by atoms with Crippen LogP contribution in [0.2, 0.25) is 0 Å². The Balaban J connectivity index is 4.18. The highest BCUT2D eigenvalue weighted by Crippen LogP contribution is 1.99. The largest absolute Gasteiger partial charge is 0.465 e. The monoisotopic (exact) mass is 153 g/mol. The van der Waals surface area contributed by atoms with Crippen molar-refractivity contribution in [3.8, 4) is 6.07 Å². The number of carbonyl (C=O) groups excluding carboxylic acids is 1. The molecule has 0 amide bonds. The second-order valence-corrected chi connectivity index (χ2v) is 2.01. The first-order valence-corrected chi connectivity index (χ1v) is 3.44. The molecule has 3 heteroatoms. The number of carbonyl (C=O) groups is 1. The van der Waals surface area contributed by atoms with Crippen LogP contribution in [-0.4, -0.2) is 13.1 Å². The van der Waals surface area contributed by atoms with Gasteiger partial charge in [0.1, 0.15) is 11.6 Å². The van der Waals surface area contributed by atoms with E-state index in [0.29, 0.717) is 0 Å². The van der Waals surface area contributed by atoms with Gasteiger partial charge in [0, 0.05) is 0 Å². The van der Waals surface area contributed by atoms with Gasteiger partial charge in [-0.25, -0.2) is 4.79 Å². The summed E-state index contributed by atoms with van der Waals surface area (Å²) in [5.74, 6) is -0.555. The van der Waals surface area contributed by atoms with Gasteiger partial charge in [-0.05, 0) is 6.42 Å². The molecule has 0 aromatic rings. The van der Waals surface area contributed by atoms with E-state index in [1.807, 2.05) is 6.92 Å². The van der Waals surface area contributed by atoms with Gasteiger partial charge in [-0.3, -0.25) is 0 Å². The lowest BCUT2D eigenvalue weighted by molar-refractivity contribution is -0.135. The van der Waals surface area contributed by atoms with Crippen molar-refractivity contribution in [3.05, 3.63) is 11.6 Å².